The van der Waals surface area contributed by atoms with Crippen LogP contribution in [0.2, 0.25) is 0 Å². The quantitative estimate of drug-likeness (QED) is 0.615. The lowest BCUT2D eigenvalue weighted by atomic mass is 10.2. The molecule has 3 heterocycles. The first-order valence-electron chi connectivity index (χ1n) is 7.60. The molecule has 24 heavy (non-hydrogen) atoms. The summed E-state index contributed by atoms with van der Waals surface area (Å²) in [5.74, 6) is 0.701. The standard InChI is InChI=1S/C18H15N3O3/c1-10-3-4-12-13(7-10)20-15(19-12)9-21-6-5-14-17(18(21)23)11(2)8-16(22)24-14/h3-8H,9H2,1-2H3,(H,19,20). The van der Waals surface area contributed by atoms with E-state index in [4.69, 9.17) is 4.42 Å². The van der Waals surface area contributed by atoms with E-state index in [1.807, 2.05) is 25.1 Å². The van der Waals surface area contributed by atoms with Gasteiger partial charge in [-0.05, 0) is 43.2 Å². The zero-order chi connectivity index (χ0) is 16.8. The van der Waals surface area contributed by atoms with Crippen molar-refractivity contribution < 1.29 is 4.42 Å². The van der Waals surface area contributed by atoms with Gasteiger partial charge < -0.3 is 14.0 Å². The van der Waals surface area contributed by atoms with Crippen LogP contribution in [0.3, 0.4) is 0 Å². The minimum absolute atomic E-state index is 0.203. The first-order chi connectivity index (χ1) is 11.5. The van der Waals surface area contributed by atoms with Gasteiger partial charge in [0.1, 0.15) is 11.4 Å². The van der Waals surface area contributed by atoms with Crippen LogP contribution in [0.15, 0.2) is 50.5 Å². The highest BCUT2D eigenvalue weighted by Crippen LogP contribution is 2.15. The fourth-order valence-corrected chi connectivity index (χ4v) is 2.93. The fraction of sp³-hybridized carbons (Fsp3) is 0.167. The highest BCUT2D eigenvalue weighted by molar-refractivity contribution is 5.78. The normalized spacial score (nSPS) is 11.4. The molecule has 0 bridgehead atoms. The Balaban J connectivity index is 1.82. The number of aromatic nitrogens is 3. The second kappa shape index (κ2) is 5.19. The lowest BCUT2D eigenvalue weighted by Gasteiger charge is -2.06. The number of nitrogens with one attached hydrogen (secondary N) is 1. The van der Waals surface area contributed by atoms with E-state index in [2.05, 4.69) is 9.97 Å². The number of nitrogens with zero attached hydrogens (tertiary/aromatic N) is 2. The molecular formula is C18H15N3O3. The van der Waals surface area contributed by atoms with Gasteiger partial charge in [-0.1, -0.05) is 6.07 Å². The summed E-state index contributed by atoms with van der Waals surface area (Å²) in [5.41, 5.74) is 3.22. The summed E-state index contributed by atoms with van der Waals surface area (Å²) in [6, 6.07) is 8.94. The molecule has 0 amide bonds. The van der Waals surface area contributed by atoms with Crippen LogP contribution in [0.4, 0.5) is 0 Å². The zero-order valence-electron chi connectivity index (χ0n) is 13.3. The van der Waals surface area contributed by atoms with E-state index in [0.717, 1.165) is 16.6 Å². The van der Waals surface area contributed by atoms with Crippen molar-refractivity contribution in [2.24, 2.45) is 0 Å². The number of pyridine rings is 1. The number of imidazole rings is 1. The summed E-state index contributed by atoms with van der Waals surface area (Å²) in [4.78, 5) is 31.9. The van der Waals surface area contributed by atoms with Crippen molar-refractivity contribution in [2.45, 2.75) is 20.4 Å². The van der Waals surface area contributed by atoms with Gasteiger partial charge in [0.25, 0.3) is 5.56 Å². The Morgan fingerprint density at radius 1 is 1.17 bits per heavy atom. The molecule has 120 valence electrons. The summed E-state index contributed by atoms with van der Waals surface area (Å²) < 4.78 is 6.65. The molecule has 0 unspecified atom stereocenters. The van der Waals surface area contributed by atoms with Gasteiger partial charge in [0.05, 0.1) is 23.0 Å². The van der Waals surface area contributed by atoms with Crippen LogP contribution in [0.25, 0.3) is 22.0 Å². The Bertz CT molecular complexity index is 1200. The highest BCUT2D eigenvalue weighted by atomic mass is 16.4. The van der Waals surface area contributed by atoms with Gasteiger partial charge >= 0.3 is 5.63 Å². The molecule has 1 N–H and O–H groups in total. The average Bonchev–Trinajstić information content (AvgIpc) is 2.91. The van der Waals surface area contributed by atoms with Gasteiger partial charge in [0.15, 0.2) is 0 Å². The van der Waals surface area contributed by atoms with Gasteiger partial charge in [-0.3, -0.25) is 4.79 Å². The molecule has 0 aliphatic rings. The topological polar surface area (TPSA) is 80.9 Å². The second-order valence-corrected chi connectivity index (χ2v) is 5.94. The molecular weight excluding hydrogens is 306 g/mol. The highest BCUT2D eigenvalue weighted by Gasteiger charge is 2.11. The van der Waals surface area contributed by atoms with Crippen molar-refractivity contribution in [3.05, 3.63) is 74.3 Å². The summed E-state index contributed by atoms with van der Waals surface area (Å²) in [5, 5.41) is 0.420. The molecule has 1 aromatic carbocycles. The maximum Gasteiger partial charge on any atom is 0.336 e. The largest absolute Gasteiger partial charge is 0.422 e. The number of fused-ring (bicyclic) bond motifs is 2. The van der Waals surface area contributed by atoms with Crippen molar-refractivity contribution in [3.63, 3.8) is 0 Å². The van der Waals surface area contributed by atoms with Crippen LogP contribution < -0.4 is 11.2 Å². The Kier molecular flexibility index (Phi) is 3.13. The minimum atomic E-state index is -0.454. The summed E-state index contributed by atoms with van der Waals surface area (Å²) in [6.45, 7) is 4.07. The Hall–Kier alpha value is -3.15. The number of benzene rings is 1. The number of hydrogen-bond acceptors (Lipinski definition) is 4. The van der Waals surface area contributed by atoms with Gasteiger partial charge in [-0.2, -0.15) is 0 Å². The monoisotopic (exact) mass is 321 g/mol. The summed E-state index contributed by atoms with van der Waals surface area (Å²) >= 11 is 0. The smallest absolute Gasteiger partial charge is 0.336 e. The molecule has 6 heteroatoms. The van der Waals surface area contributed by atoms with E-state index in [9.17, 15) is 9.59 Å². The Morgan fingerprint density at radius 2 is 2.00 bits per heavy atom. The van der Waals surface area contributed by atoms with E-state index < -0.39 is 5.63 Å². The van der Waals surface area contributed by atoms with Gasteiger partial charge in [-0.15, -0.1) is 0 Å². The molecule has 0 fully saturated rings. The lowest BCUT2D eigenvalue weighted by molar-refractivity contribution is 0.557. The fourth-order valence-electron chi connectivity index (χ4n) is 2.93. The minimum Gasteiger partial charge on any atom is -0.422 e. The third-order valence-corrected chi connectivity index (χ3v) is 4.07. The van der Waals surface area contributed by atoms with Crippen molar-refractivity contribution in [1.29, 1.82) is 0 Å². The van der Waals surface area contributed by atoms with Crippen molar-refractivity contribution in [3.8, 4) is 0 Å². The van der Waals surface area contributed by atoms with E-state index >= 15 is 0 Å². The molecule has 6 nitrogen and oxygen atoms in total. The van der Waals surface area contributed by atoms with Crippen molar-refractivity contribution in [2.75, 3.05) is 0 Å². The van der Waals surface area contributed by atoms with Crippen LogP contribution >= 0.6 is 0 Å². The lowest BCUT2D eigenvalue weighted by Crippen LogP contribution is -2.22. The average molecular weight is 321 g/mol. The first-order valence-corrected chi connectivity index (χ1v) is 7.60. The summed E-state index contributed by atoms with van der Waals surface area (Å²) in [6.07, 6.45) is 1.62. The van der Waals surface area contributed by atoms with E-state index in [0.29, 0.717) is 28.9 Å². The molecule has 0 radical (unpaired) electrons. The zero-order valence-corrected chi connectivity index (χ0v) is 13.3. The van der Waals surface area contributed by atoms with Gasteiger partial charge in [0.2, 0.25) is 0 Å². The molecule has 0 aliphatic carbocycles. The molecule has 0 spiro atoms. The molecule has 0 saturated heterocycles. The Morgan fingerprint density at radius 3 is 2.83 bits per heavy atom. The van der Waals surface area contributed by atoms with Crippen LogP contribution in [-0.4, -0.2) is 14.5 Å². The molecule has 3 aromatic heterocycles. The predicted octanol–water partition coefficient (Wildman–Crippen LogP) is 2.50. The number of rotatable bonds is 2. The molecule has 4 aromatic rings. The van der Waals surface area contributed by atoms with Crippen LogP contribution in [-0.2, 0) is 6.54 Å². The third kappa shape index (κ3) is 2.32. The van der Waals surface area contributed by atoms with E-state index in [-0.39, 0.29) is 5.56 Å². The third-order valence-electron chi connectivity index (χ3n) is 4.07. The SMILES string of the molecule is Cc1ccc2nc(Cn3ccc4oc(=O)cc(C)c4c3=O)[nH]c2c1. The van der Waals surface area contributed by atoms with Gasteiger partial charge in [0, 0.05) is 12.3 Å². The first kappa shape index (κ1) is 14.4. The Labute approximate surface area is 136 Å². The number of aryl methyl sites for hydroxylation is 2. The number of hydrogen-bond donors (Lipinski definition) is 1. The number of aromatic amines is 1. The second-order valence-electron chi connectivity index (χ2n) is 5.94. The van der Waals surface area contributed by atoms with Crippen molar-refractivity contribution in [1.82, 2.24) is 14.5 Å². The van der Waals surface area contributed by atoms with Crippen LogP contribution in [0.1, 0.15) is 17.0 Å². The summed E-state index contributed by atoms with van der Waals surface area (Å²) in [7, 11) is 0. The van der Waals surface area contributed by atoms with Gasteiger partial charge in [-0.25, -0.2) is 9.78 Å². The molecule has 0 aliphatic heterocycles. The predicted molar refractivity (Wildman–Crippen MR) is 91.4 cm³/mol. The number of H-pyrrole nitrogens is 1. The molecule has 0 saturated carbocycles. The molecule has 4 rings (SSSR count). The van der Waals surface area contributed by atoms with Crippen LogP contribution in [0, 0.1) is 13.8 Å². The van der Waals surface area contributed by atoms with Crippen LogP contribution in [0.5, 0.6) is 0 Å². The molecule has 0 atom stereocenters. The van der Waals surface area contributed by atoms with E-state index in [1.165, 1.54) is 6.07 Å². The maximum absolute atomic E-state index is 12.7. The maximum atomic E-state index is 12.7. The van der Waals surface area contributed by atoms with E-state index in [1.54, 1.807) is 23.8 Å². The van der Waals surface area contributed by atoms with Crippen molar-refractivity contribution >= 4 is 22.0 Å².